The number of ether oxygens (including phenoxy) is 1. The quantitative estimate of drug-likeness (QED) is 0.568. The number of nitrogens with zero attached hydrogens (tertiary/aromatic N) is 2. The van der Waals surface area contributed by atoms with Crippen LogP contribution in [0.1, 0.15) is 20.8 Å². The van der Waals surface area contributed by atoms with Gasteiger partial charge in [0.05, 0.1) is 11.8 Å². The van der Waals surface area contributed by atoms with Gasteiger partial charge in [0.15, 0.2) is 5.13 Å². The van der Waals surface area contributed by atoms with Gasteiger partial charge in [0.2, 0.25) is 0 Å². The third kappa shape index (κ3) is 3.76. The van der Waals surface area contributed by atoms with E-state index in [0.717, 1.165) is 11.3 Å². The molecule has 2 heterocycles. The van der Waals surface area contributed by atoms with Crippen LogP contribution in [0.5, 0.6) is 5.75 Å². The van der Waals surface area contributed by atoms with Gasteiger partial charge >= 0.3 is 5.97 Å². The zero-order chi connectivity index (χ0) is 16.9. The summed E-state index contributed by atoms with van der Waals surface area (Å²) < 4.78 is 5.75. The number of benzene rings is 1. The average molecular weight is 360 g/mol. The molecule has 120 valence electrons. The molecule has 3 aromatic rings. The number of amides is 1. The topological polar surface area (TPSA) is 81.2 Å². The van der Waals surface area contributed by atoms with Crippen molar-refractivity contribution in [2.45, 2.75) is 0 Å². The molecule has 2 aromatic heterocycles. The minimum Gasteiger partial charge on any atom is -0.421 e. The molecule has 0 aliphatic rings. The summed E-state index contributed by atoms with van der Waals surface area (Å²) >= 11 is 6.92. The summed E-state index contributed by atoms with van der Waals surface area (Å²) in [6.45, 7) is 0. The summed E-state index contributed by atoms with van der Waals surface area (Å²) in [5.41, 5.74) is 0.354. The summed E-state index contributed by atoms with van der Waals surface area (Å²) in [6.07, 6.45) is 2.93. The third-order valence-electron chi connectivity index (χ3n) is 2.91. The summed E-state index contributed by atoms with van der Waals surface area (Å²) in [5, 5.41) is 2.97. The van der Waals surface area contributed by atoms with Crippen LogP contribution >= 0.6 is 22.9 Å². The van der Waals surface area contributed by atoms with Crippen molar-refractivity contribution >= 4 is 39.9 Å². The molecule has 24 heavy (non-hydrogen) atoms. The molecule has 0 radical (unpaired) electrons. The Labute approximate surface area is 146 Å². The maximum absolute atomic E-state index is 12.4. The van der Waals surface area contributed by atoms with E-state index in [0.29, 0.717) is 9.47 Å². The van der Waals surface area contributed by atoms with Crippen molar-refractivity contribution in [3.05, 3.63) is 70.5 Å². The Kier molecular flexibility index (Phi) is 4.83. The number of hydrogen-bond acceptors (Lipinski definition) is 6. The fourth-order valence-corrected chi connectivity index (χ4v) is 2.66. The molecule has 0 unspecified atom stereocenters. The fraction of sp³-hybridized carbons (Fsp3) is 0. The van der Waals surface area contributed by atoms with Gasteiger partial charge in [-0.05, 0) is 24.3 Å². The minimum atomic E-state index is -0.645. The van der Waals surface area contributed by atoms with Crippen LogP contribution in [0.15, 0.2) is 54.9 Å². The zero-order valence-electron chi connectivity index (χ0n) is 12.1. The van der Waals surface area contributed by atoms with Gasteiger partial charge in [-0.15, -0.1) is 0 Å². The molecular formula is C16H10ClN3O3S. The Balaban J connectivity index is 1.80. The van der Waals surface area contributed by atoms with Crippen molar-refractivity contribution in [3.63, 3.8) is 0 Å². The second kappa shape index (κ2) is 7.20. The number of pyridine rings is 1. The number of carbonyl (C=O) groups excluding carboxylic acids is 2. The first-order valence-corrected chi connectivity index (χ1v) is 7.98. The van der Waals surface area contributed by atoms with Gasteiger partial charge in [-0.2, -0.15) is 0 Å². The number of anilines is 1. The molecule has 1 N–H and O–H groups in total. The largest absolute Gasteiger partial charge is 0.421 e. The number of halogens is 1. The van der Waals surface area contributed by atoms with Gasteiger partial charge in [0.25, 0.3) is 5.91 Å². The minimum absolute atomic E-state index is 0.133. The first kappa shape index (κ1) is 16.1. The normalized spacial score (nSPS) is 10.2. The number of hydrogen-bond donors (Lipinski definition) is 1. The predicted octanol–water partition coefficient (Wildman–Crippen LogP) is 3.66. The molecule has 0 aliphatic heterocycles. The maximum Gasteiger partial charge on any atom is 0.362 e. The lowest BCUT2D eigenvalue weighted by Gasteiger charge is -2.09. The van der Waals surface area contributed by atoms with Gasteiger partial charge in [0, 0.05) is 6.20 Å². The van der Waals surface area contributed by atoms with Crippen LogP contribution < -0.4 is 10.1 Å². The van der Waals surface area contributed by atoms with E-state index >= 15 is 0 Å². The first-order valence-electron chi connectivity index (χ1n) is 6.78. The highest BCUT2D eigenvalue weighted by molar-refractivity contribution is 7.19. The van der Waals surface area contributed by atoms with Crippen molar-refractivity contribution in [1.29, 1.82) is 0 Å². The van der Waals surface area contributed by atoms with E-state index in [9.17, 15) is 9.59 Å². The van der Waals surface area contributed by atoms with Crippen LogP contribution in [0.3, 0.4) is 0 Å². The Morgan fingerprint density at radius 1 is 1.08 bits per heavy atom. The summed E-state index contributed by atoms with van der Waals surface area (Å²) in [7, 11) is 0. The van der Waals surface area contributed by atoms with Crippen LogP contribution in [-0.2, 0) is 0 Å². The van der Waals surface area contributed by atoms with Crippen LogP contribution in [0.25, 0.3) is 0 Å². The molecule has 0 atom stereocenters. The van der Waals surface area contributed by atoms with E-state index in [4.69, 9.17) is 16.3 Å². The lowest BCUT2D eigenvalue weighted by Crippen LogP contribution is -2.16. The van der Waals surface area contributed by atoms with Crippen molar-refractivity contribution in [1.82, 2.24) is 9.97 Å². The first-order chi connectivity index (χ1) is 11.6. The van der Waals surface area contributed by atoms with Gasteiger partial charge < -0.3 is 4.74 Å². The average Bonchev–Trinajstić information content (AvgIpc) is 3.01. The smallest absolute Gasteiger partial charge is 0.362 e. The molecular weight excluding hydrogens is 350 g/mol. The molecule has 8 heteroatoms. The molecule has 6 nitrogen and oxygen atoms in total. The predicted molar refractivity (Wildman–Crippen MR) is 90.7 cm³/mol. The number of rotatable bonds is 4. The van der Waals surface area contributed by atoms with Crippen LogP contribution in [0, 0.1) is 0 Å². The van der Waals surface area contributed by atoms with Crippen LogP contribution in [-0.4, -0.2) is 21.8 Å². The van der Waals surface area contributed by atoms with E-state index in [-0.39, 0.29) is 17.0 Å². The van der Waals surface area contributed by atoms with E-state index < -0.39 is 11.9 Å². The standard InChI is InChI=1S/C16H10ClN3O3S/c17-13-9-19-16(24-13)20-14(21)10-5-1-2-7-12(10)23-15(22)11-6-3-4-8-18-11/h1-9H,(H,19,20,21). The van der Waals surface area contributed by atoms with Gasteiger partial charge in [-0.1, -0.05) is 41.1 Å². The zero-order valence-corrected chi connectivity index (χ0v) is 13.7. The number of para-hydroxylation sites is 1. The van der Waals surface area contributed by atoms with Crippen molar-refractivity contribution in [2.24, 2.45) is 0 Å². The molecule has 3 rings (SSSR count). The van der Waals surface area contributed by atoms with Crippen LogP contribution in [0.2, 0.25) is 4.34 Å². The molecule has 0 saturated carbocycles. The molecule has 1 amide bonds. The number of thiazole rings is 1. The number of carbonyl (C=O) groups is 2. The highest BCUT2D eigenvalue weighted by Crippen LogP contribution is 2.25. The summed E-state index contributed by atoms with van der Waals surface area (Å²) in [4.78, 5) is 32.4. The molecule has 0 fully saturated rings. The van der Waals surface area contributed by atoms with E-state index in [1.807, 2.05) is 0 Å². The lowest BCUT2D eigenvalue weighted by molar-refractivity contribution is 0.0727. The monoisotopic (exact) mass is 359 g/mol. The maximum atomic E-state index is 12.4. The van der Waals surface area contributed by atoms with E-state index in [2.05, 4.69) is 15.3 Å². The number of nitrogens with one attached hydrogen (secondary N) is 1. The van der Waals surface area contributed by atoms with Gasteiger partial charge in [-0.25, -0.2) is 14.8 Å². The third-order valence-corrected chi connectivity index (χ3v) is 3.94. The molecule has 0 aliphatic carbocycles. The molecule has 1 aromatic carbocycles. The highest BCUT2D eigenvalue weighted by atomic mass is 35.5. The molecule has 0 bridgehead atoms. The fourth-order valence-electron chi connectivity index (χ4n) is 1.86. The molecule has 0 spiro atoms. The SMILES string of the molecule is O=C(Oc1ccccc1C(=O)Nc1ncc(Cl)s1)c1ccccn1. The second-order valence-corrected chi connectivity index (χ2v) is 6.19. The highest BCUT2D eigenvalue weighted by Gasteiger charge is 2.17. The Morgan fingerprint density at radius 2 is 1.88 bits per heavy atom. The Bertz CT molecular complexity index is 883. The van der Waals surface area contributed by atoms with Crippen molar-refractivity contribution in [2.75, 3.05) is 5.32 Å². The van der Waals surface area contributed by atoms with Gasteiger partial charge in [0.1, 0.15) is 15.8 Å². The Hall–Kier alpha value is -2.77. The van der Waals surface area contributed by atoms with Crippen LogP contribution in [0.4, 0.5) is 5.13 Å². The van der Waals surface area contributed by atoms with Crippen molar-refractivity contribution in [3.8, 4) is 5.75 Å². The second-order valence-electron chi connectivity index (χ2n) is 4.52. The van der Waals surface area contributed by atoms with Gasteiger partial charge in [-0.3, -0.25) is 10.1 Å². The number of aromatic nitrogens is 2. The number of esters is 1. The lowest BCUT2D eigenvalue weighted by atomic mass is 10.2. The van der Waals surface area contributed by atoms with E-state index in [1.165, 1.54) is 24.5 Å². The van der Waals surface area contributed by atoms with Crippen molar-refractivity contribution < 1.29 is 14.3 Å². The summed E-state index contributed by atoms with van der Waals surface area (Å²) in [5.74, 6) is -0.966. The summed E-state index contributed by atoms with van der Waals surface area (Å²) in [6, 6.07) is 11.3. The molecule has 0 saturated heterocycles. The Morgan fingerprint density at radius 3 is 2.58 bits per heavy atom. The van der Waals surface area contributed by atoms with E-state index in [1.54, 1.807) is 30.3 Å².